The number of carbonyl (C=O) groups excluding carboxylic acids is 1. The topological polar surface area (TPSA) is 26.3 Å². The first-order chi connectivity index (χ1) is 8.95. The molecule has 0 saturated heterocycles. The van der Waals surface area contributed by atoms with Gasteiger partial charge in [0, 0.05) is 10.0 Å². The van der Waals surface area contributed by atoms with Crippen molar-refractivity contribution in [1.29, 1.82) is 0 Å². The largest absolute Gasteiger partial charge is 0.457 e. The van der Waals surface area contributed by atoms with Crippen molar-refractivity contribution in [1.82, 2.24) is 0 Å². The Morgan fingerprint density at radius 2 is 1.63 bits per heavy atom. The second-order valence-corrected chi connectivity index (χ2v) is 5.48. The molecule has 2 nitrogen and oxygen atoms in total. The number of aryl methyl sites for hydroxylation is 2. The summed E-state index contributed by atoms with van der Waals surface area (Å²) in [6.07, 6.45) is 0. The van der Waals surface area contributed by atoms with Crippen molar-refractivity contribution in [2.75, 3.05) is 0 Å². The Balaban J connectivity index is 2.28. The number of hydrogen-bond donors (Lipinski definition) is 0. The van der Waals surface area contributed by atoms with E-state index in [1.165, 1.54) is 0 Å². The van der Waals surface area contributed by atoms with Crippen LogP contribution in [0, 0.1) is 13.8 Å². The summed E-state index contributed by atoms with van der Waals surface area (Å²) in [5.74, 6) is 1.55. The molecule has 0 bridgehead atoms. The molecule has 0 heterocycles. The van der Waals surface area contributed by atoms with E-state index in [0.29, 0.717) is 11.3 Å². The minimum Gasteiger partial charge on any atom is -0.457 e. The van der Waals surface area contributed by atoms with E-state index in [0.717, 1.165) is 21.3 Å². The summed E-state index contributed by atoms with van der Waals surface area (Å²) >= 11 is 3.39. The summed E-state index contributed by atoms with van der Waals surface area (Å²) in [5, 5.41) is 0. The molecule has 0 N–H and O–H groups in total. The number of halogens is 1. The van der Waals surface area contributed by atoms with E-state index < -0.39 is 0 Å². The first-order valence-corrected chi connectivity index (χ1v) is 6.81. The predicted molar refractivity (Wildman–Crippen MR) is 80.1 cm³/mol. The first kappa shape index (κ1) is 13.8. The highest BCUT2D eigenvalue weighted by molar-refractivity contribution is 9.10. The minimum atomic E-state index is 0.0322. The highest BCUT2D eigenvalue weighted by atomic mass is 79.9. The molecule has 2 aromatic rings. The highest BCUT2D eigenvalue weighted by Gasteiger charge is 2.07. The Morgan fingerprint density at radius 3 is 2.16 bits per heavy atom. The summed E-state index contributed by atoms with van der Waals surface area (Å²) in [7, 11) is 0. The van der Waals surface area contributed by atoms with Gasteiger partial charge in [-0.1, -0.05) is 6.07 Å². The van der Waals surface area contributed by atoms with Crippen molar-refractivity contribution in [2.24, 2.45) is 0 Å². The van der Waals surface area contributed by atoms with E-state index >= 15 is 0 Å². The van der Waals surface area contributed by atoms with Gasteiger partial charge in [0.2, 0.25) is 0 Å². The zero-order valence-corrected chi connectivity index (χ0v) is 12.7. The van der Waals surface area contributed by atoms with Gasteiger partial charge in [-0.3, -0.25) is 4.79 Å². The first-order valence-electron chi connectivity index (χ1n) is 6.02. The number of Topliss-reactive ketones (excluding diaryl/α,β-unsaturated/α-hetero) is 1. The summed E-state index contributed by atoms with van der Waals surface area (Å²) < 4.78 is 6.57. The van der Waals surface area contributed by atoms with Crippen molar-refractivity contribution in [3.05, 3.63) is 57.6 Å². The molecule has 98 valence electrons. The lowest BCUT2D eigenvalue weighted by molar-refractivity contribution is 0.101. The van der Waals surface area contributed by atoms with Crippen LogP contribution in [0.2, 0.25) is 0 Å². The van der Waals surface area contributed by atoms with Crippen LogP contribution in [0.3, 0.4) is 0 Å². The zero-order valence-electron chi connectivity index (χ0n) is 11.2. The Bertz CT molecular complexity index is 612. The normalized spacial score (nSPS) is 10.3. The Morgan fingerprint density at radius 1 is 1.00 bits per heavy atom. The molecule has 0 fully saturated rings. The molecule has 0 unspecified atom stereocenters. The third-order valence-electron chi connectivity index (χ3n) is 2.75. The van der Waals surface area contributed by atoms with E-state index in [1.54, 1.807) is 19.1 Å². The average molecular weight is 319 g/mol. The Hall–Kier alpha value is -1.61. The maximum atomic E-state index is 11.4. The molecular weight excluding hydrogens is 304 g/mol. The molecule has 19 heavy (non-hydrogen) atoms. The van der Waals surface area contributed by atoms with Gasteiger partial charge in [0.15, 0.2) is 5.78 Å². The molecule has 0 aromatic heterocycles. The van der Waals surface area contributed by atoms with E-state index in [1.807, 2.05) is 32.0 Å². The van der Waals surface area contributed by atoms with Crippen LogP contribution in [-0.4, -0.2) is 5.78 Å². The number of ether oxygens (including phenoxy) is 1. The Kier molecular flexibility index (Phi) is 4.05. The van der Waals surface area contributed by atoms with Crippen LogP contribution in [0.4, 0.5) is 0 Å². The number of rotatable bonds is 3. The maximum Gasteiger partial charge on any atom is 0.160 e. The minimum absolute atomic E-state index is 0.0322. The smallest absolute Gasteiger partial charge is 0.160 e. The lowest BCUT2D eigenvalue weighted by Crippen LogP contribution is -1.94. The van der Waals surface area contributed by atoms with Crippen molar-refractivity contribution in [3.63, 3.8) is 0 Å². The molecule has 0 saturated carbocycles. The van der Waals surface area contributed by atoms with E-state index in [4.69, 9.17) is 4.74 Å². The monoisotopic (exact) mass is 318 g/mol. The second-order valence-electron chi connectivity index (χ2n) is 4.62. The van der Waals surface area contributed by atoms with Gasteiger partial charge < -0.3 is 4.74 Å². The molecule has 2 aromatic carbocycles. The molecule has 3 heteroatoms. The average Bonchev–Trinajstić information content (AvgIpc) is 2.26. The van der Waals surface area contributed by atoms with Gasteiger partial charge in [-0.25, -0.2) is 0 Å². The third kappa shape index (κ3) is 3.44. The fourth-order valence-corrected chi connectivity index (χ4v) is 2.61. The van der Waals surface area contributed by atoms with Crippen molar-refractivity contribution < 1.29 is 9.53 Å². The lowest BCUT2D eigenvalue weighted by atomic mass is 10.1. The van der Waals surface area contributed by atoms with Gasteiger partial charge in [-0.2, -0.15) is 0 Å². The number of carbonyl (C=O) groups is 1. The lowest BCUT2D eigenvalue weighted by Gasteiger charge is -2.09. The maximum absolute atomic E-state index is 11.4. The third-order valence-corrected chi connectivity index (χ3v) is 3.41. The summed E-state index contributed by atoms with van der Waals surface area (Å²) in [5.41, 5.74) is 2.98. The molecule has 0 aliphatic rings. The Labute approximate surface area is 121 Å². The summed E-state index contributed by atoms with van der Waals surface area (Å²) in [4.78, 5) is 11.4. The van der Waals surface area contributed by atoms with Crippen LogP contribution in [0.15, 0.2) is 40.9 Å². The fraction of sp³-hybridized carbons (Fsp3) is 0.188. The standard InChI is InChI=1S/C16H15BrO2/c1-10-6-11(2)8-14(7-10)19-13-4-5-15(12(3)18)16(17)9-13/h4-9H,1-3H3. The molecule has 2 rings (SSSR count). The predicted octanol–water partition coefficient (Wildman–Crippen LogP) is 5.06. The molecule has 0 atom stereocenters. The SMILES string of the molecule is CC(=O)c1ccc(Oc2cc(C)cc(C)c2)cc1Br. The number of ketones is 1. The number of hydrogen-bond acceptors (Lipinski definition) is 2. The van der Waals surface area contributed by atoms with Crippen LogP contribution >= 0.6 is 15.9 Å². The zero-order chi connectivity index (χ0) is 14.0. The molecule has 0 spiro atoms. The van der Waals surface area contributed by atoms with Gasteiger partial charge in [0.1, 0.15) is 11.5 Å². The van der Waals surface area contributed by atoms with Gasteiger partial charge in [-0.05, 0) is 78.2 Å². The van der Waals surface area contributed by atoms with Crippen molar-refractivity contribution in [3.8, 4) is 11.5 Å². The summed E-state index contributed by atoms with van der Waals surface area (Å²) in [6.45, 7) is 5.62. The highest BCUT2D eigenvalue weighted by Crippen LogP contribution is 2.28. The van der Waals surface area contributed by atoms with E-state index in [2.05, 4.69) is 22.0 Å². The molecule has 0 amide bonds. The van der Waals surface area contributed by atoms with Gasteiger partial charge >= 0.3 is 0 Å². The van der Waals surface area contributed by atoms with E-state index in [9.17, 15) is 4.79 Å². The van der Waals surface area contributed by atoms with Crippen molar-refractivity contribution >= 4 is 21.7 Å². The molecule has 0 radical (unpaired) electrons. The van der Waals surface area contributed by atoms with E-state index in [-0.39, 0.29) is 5.78 Å². The van der Waals surface area contributed by atoms with Crippen LogP contribution in [0.1, 0.15) is 28.4 Å². The van der Waals surface area contributed by atoms with Crippen LogP contribution in [-0.2, 0) is 0 Å². The van der Waals surface area contributed by atoms with Crippen molar-refractivity contribution in [2.45, 2.75) is 20.8 Å². The van der Waals surface area contributed by atoms with Crippen LogP contribution in [0.5, 0.6) is 11.5 Å². The molecule has 0 aliphatic carbocycles. The second kappa shape index (κ2) is 5.57. The van der Waals surface area contributed by atoms with Gasteiger partial charge in [0.25, 0.3) is 0 Å². The fourth-order valence-electron chi connectivity index (χ4n) is 1.97. The van der Waals surface area contributed by atoms with Crippen LogP contribution < -0.4 is 4.74 Å². The molecule has 0 aliphatic heterocycles. The quantitative estimate of drug-likeness (QED) is 0.739. The summed E-state index contributed by atoms with van der Waals surface area (Å²) in [6, 6.07) is 11.5. The van der Waals surface area contributed by atoms with Gasteiger partial charge in [0.05, 0.1) is 0 Å². The molecular formula is C16H15BrO2. The van der Waals surface area contributed by atoms with Crippen LogP contribution in [0.25, 0.3) is 0 Å². The van der Waals surface area contributed by atoms with Gasteiger partial charge in [-0.15, -0.1) is 0 Å². The number of benzene rings is 2.